The first kappa shape index (κ1) is 5.58. The second-order valence-corrected chi connectivity index (χ2v) is 2.35. The lowest BCUT2D eigenvalue weighted by Crippen LogP contribution is -2.36. The summed E-state index contributed by atoms with van der Waals surface area (Å²) in [6.45, 7) is 6.72. The largest absolute Gasteiger partial charge is 0.388 e. The van der Waals surface area contributed by atoms with E-state index in [0.717, 1.165) is 19.3 Å². The van der Waals surface area contributed by atoms with Gasteiger partial charge in [0.1, 0.15) is 6.61 Å². The van der Waals surface area contributed by atoms with Crippen LogP contribution in [0.3, 0.4) is 0 Å². The summed E-state index contributed by atoms with van der Waals surface area (Å²) in [4.78, 5) is 3.34. The van der Waals surface area contributed by atoms with Crippen LogP contribution < -0.4 is 0 Å². The van der Waals surface area contributed by atoms with Crippen molar-refractivity contribution < 1.29 is 5.11 Å². The third-order valence-corrected chi connectivity index (χ3v) is 1.82. The minimum Gasteiger partial charge on any atom is -0.388 e. The van der Waals surface area contributed by atoms with Crippen LogP contribution in [0.1, 0.15) is 19.3 Å². The Labute approximate surface area is 49.0 Å². The molecule has 0 aliphatic heterocycles. The molecule has 0 saturated heterocycles. The normalized spacial score (nSPS) is 23.5. The molecule has 1 saturated carbocycles. The minimum absolute atomic E-state index is 0.0521. The van der Waals surface area contributed by atoms with Crippen molar-refractivity contribution >= 4 is 0 Å². The molecule has 0 radical (unpaired) electrons. The summed E-state index contributed by atoms with van der Waals surface area (Å²) in [5.41, 5.74) is -0.347. The van der Waals surface area contributed by atoms with Crippen LogP contribution in [0, 0.1) is 6.57 Å². The molecule has 1 rings (SSSR count). The second-order valence-electron chi connectivity index (χ2n) is 2.35. The van der Waals surface area contributed by atoms with Gasteiger partial charge in [0.2, 0.25) is 0 Å². The van der Waals surface area contributed by atoms with Gasteiger partial charge in [0.25, 0.3) is 5.54 Å². The van der Waals surface area contributed by atoms with Gasteiger partial charge in [0.15, 0.2) is 0 Å². The van der Waals surface area contributed by atoms with E-state index in [1.54, 1.807) is 0 Å². The molecule has 0 aromatic rings. The molecule has 0 aromatic heterocycles. The number of hydrogen-bond acceptors (Lipinski definition) is 1. The summed E-state index contributed by atoms with van der Waals surface area (Å²) in [7, 11) is 0. The Hall–Kier alpha value is -0.550. The van der Waals surface area contributed by atoms with Gasteiger partial charge in [-0.3, -0.25) is 0 Å². The van der Waals surface area contributed by atoms with E-state index in [-0.39, 0.29) is 12.1 Å². The third kappa shape index (κ3) is 0.597. The van der Waals surface area contributed by atoms with Gasteiger partial charge in [-0.05, 0) is 6.42 Å². The maximum Gasteiger partial charge on any atom is 0.255 e. The molecule has 1 N–H and O–H groups in total. The van der Waals surface area contributed by atoms with Crippen LogP contribution in [0.4, 0.5) is 0 Å². The number of rotatable bonds is 1. The summed E-state index contributed by atoms with van der Waals surface area (Å²) in [5.74, 6) is 0. The fraction of sp³-hybridized carbons (Fsp3) is 0.833. The van der Waals surface area contributed by atoms with Gasteiger partial charge in [-0.1, -0.05) is 0 Å². The van der Waals surface area contributed by atoms with E-state index in [1.165, 1.54) is 0 Å². The summed E-state index contributed by atoms with van der Waals surface area (Å²) in [6, 6.07) is 0. The Balaban J connectivity index is 2.49. The molecule has 0 atom stereocenters. The number of aliphatic hydroxyl groups is 1. The first-order valence-corrected chi connectivity index (χ1v) is 2.82. The summed E-state index contributed by atoms with van der Waals surface area (Å²) in [5, 5.41) is 8.62. The van der Waals surface area contributed by atoms with Crippen LogP contribution in [-0.2, 0) is 0 Å². The van der Waals surface area contributed by atoms with Crippen LogP contribution in [0.5, 0.6) is 0 Å². The molecule has 1 fully saturated rings. The Morgan fingerprint density at radius 2 is 2.25 bits per heavy atom. The predicted octanol–water partition coefficient (Wildman–Crippen LogP) is 0.821. The molecule has 0 unspecified atom stereocenters. The Morgan fingerprint density at radius 1 is 1.62 bits per heavy atom. The summed E-state index contributed by atoms with van der Waals surface area (Å²) < 4.78 is 0. The molecule has 2 nitrogen and oxygen atoms in total. The van der Waals surface area contributed by atoms with Gasteiger partial charge in [-0.15, -0.1) is 0 Å². The highest BCUT2D eigenvalue weighted by atomic mass is 16.3. The van der Waals surface area contributed by atoms with Crippen LogP contribution in [0.25, 0.3) is 4.85 Å². The van der Waals surface area contributed by atoms with Gasteiger partial charge >= 0.3 is 0 Å². The van der Waals surface area contributed by atoms with Crippen molar-refractivity contribution in [3.8, 4) is 0 Å². The van der Waals surface area contributed by atoms with Gasteiger partial charge < -0.3 is 9.95 Å². The average Bonchev–Trinajstić information content (AvgIpc) is 1.67. The molecule has 1 aliphatic rings. The van der Waals surface area contributed by atoms with Gasteiger partial charge in [-0.2, -0.15) is 0 Å². The maximum absolute atomic E-state index is 8.62. The number of aliphatic hydroxyl groups excluding tert-OH is 1. The van der Waals surface area contributed by atoms with Crippen LogP contribution in [0.15, 0.2) is 0 Å². The van der Waals surface area contributed by atoms with Gasteiger partial charge in [0.05, 0.1) is 0 Å². The van der Waals surface area contributed by atoms with Gasteiger partial charge in [0, 0.05) is 12.8 Å². The molecule has 0 aromatic carbocycles. The number of nitrogens with zero attached hydrogens (tertiary/aromatic N) is 1. The maximum atomic E-state index is 8.62. The number of hydrogen-bond donors (Lipinski definition) is 1. The van der Waals surface area contributed by atoms with E-state index in [1.807, 2.05) is 0 Å². The Kier molecular flexibility index (Phi) is 1.22. The van der Waals surface area contributed by atoms with E-state index in [0.29, 0.717) is 0 Å². The Morgan fingerprint density at radius 3 is 2.25 bits per heavy atom. The molecule has 1 aliphatic carbocycles. The van der Waals surface area contributed by atoms with Crippen molar-refractivity contribution in [1.82, 2.24) is 0 Å². The second kappa shape index (κ2) is 1.75. The van der Waals surface area contributed by atoms with Gasteiger partial charge in [-0.25, -0.2) is 6.57 Å². The average molecular weight is 111 g/mol. The molecular weight excluding hydrogens is 102 g/mol. The summed E-state index contributed by atoms with van der Waals surface area (Å²) in [6.07, 6.45) is 2.91. The molecule has 8 heavy (non-hydrogen) atoms. The predicted molar refractivity (Wildman–Crippen MR) is 30.3 cm³/mol. The quantitative estimate of drug-likeness (QED) is 0.498. The SMILES string of the molecule is [C-]#[N+]C1(CO)CCC1. The Bertz CT molecular complexity index is 115. The van der Waals surface area contributed by atoms with E-state index in [4.69, 9.17) is 11.7 Å². The minimum atomic E-state index is -0.347. The zero-order valence-corrected chi connectivity index (χ0v) is 4.72. The molecular formula is C6H9NO. The smallest absolute Gasteiger partial charge is 0.255 e. The lowest BCUT2D eigenvalue weighted by Gasteiger charge is -2.27. The zero-order chi connectivity index (χ0) is 6.04. The van der Waals surface area contributed by atoms with E-state index in [2.05, 4.69) is 4.85 Å². The molecule has 0 bridgehead atoms. The highest BCUT2D eigenvalue weighted by Gasteiger charge is 2.42. The zero-order valence-electron chi connectivity index (χ0n) is 4.72. The van der Waals surface area contributed by atoms with Crippen molar-refractivity contribution in [2.75, 3.05) is 6.61 Å². The third-order valence-electron chi connectivity index (χ3n) is 1.82. The molecule has 0 heterocycles. The van der Waals surface area contributed by atoms with Crippen molar-refractivity contribution in [3.63, 3.8) is 0 Å². The van der Waals surface area contributed by atoms with E-state index in [9.17, 15) is 0 Å². The highest BCUT2D eigenvalue weighted by molar-refractivity contribution is 5.04. The fourth-order valence-electron chi connectivity index (χ4n) is 0.890. The standard InChI is InChI=1S/C6H9NO/c1-7-6(5-8)3-2-4-6/h8H,2-5H2. The van der Waals surface area contributed by atoms with E-state index < -0.39 is 0 Å². The van der Waals surface area contributed by atoms with Crippen molar-refractivity contribution in [3.05, 3.63) is 11.4 Å². The molecule has 0 spiro atoms. The van der Waals surface area contributed by atoms with Crippen LogP contribution in [0.2, 0.25) is 0 Å². The van der Waals surface area contributed by atoms with Crippen molar-refractivity contribution in [1.29, 1.82) is 0 Å². The highest BCUT2D eigenvalue weighted by Crippen LogP contribution is 2.34. The molecule has 2 heteroatoms. The summed E-state index contributed by atoms with van der Waals surface area (Å²) >= 11 is 0. The monoisotopic (exact) mass is 111 g/mol. The van der Waals surface area contributed by atoms with Crippen LogP contribution in [-0.4, -0.2) is 17.3 Å². The first-order chi connectivity index (χ1) is 3.83. The fourth-order valence-corrected chi connectivity index (χ4v) is 0.890. The van der Waals surface area contributed by atoms with Crippen molar-refractivity contribution in [2.24, 2.45) is 0 Å². The first-order valence-electron chi connectivity index (χ1n) is 2.82. The van der Waals surface area contributed by atoms with Crippen LogP contribution >= 0.6 is 0 Å². The van der Waals surface area contributed by atoms with Crippen molar-refractivity contribution in [2.45, 2.75) is 24.8 Å². The molecule has 44 valence electrons. The lowest BCUT2D eigenvalue weighted by atomic mass is 9.78. The van der Waals surface area contributed by atoms with E-state index >= 15 is 0 Å². The molecule has 0 amide bonds. The topological polar surface area (TPSA) is 24.6 Å². The lowest BCUT2D eigenvalue weighted by molar-refractivity contribution is 0.158.